The Morgan fingerprint density at radius 1 is 1.17 bits per heavy atom. The van der Waals surface area contributed by atoms with E-state index in [-0.39, 0.29) is 22.7 Å². The number of amides is 2. The number of hydrogen-bond donors (Lipinski definition) is 2. The van der Waals surface area contributed by atoms with Crippen molar-refractivity contribution >= 4 is 43.5 Å². The summed E-state index contributed by atoms with van der Waals surface area (Å²) in [6.45, 7) is 0.360. The number of rotatable bonds is 5. The minimum atomic E-state index is -3.72. The van der Waals surface area contributed by atoms with Crippen molar-refractivity contribution in [3.63, 3.8) is 0 Å². The molecule has 1 atom stereocenters. The molecule has 0 saturated carbocycles. The fourth-order valence-corrected chi connectivity index (χ4v) is 4.95. The molecule has 0 aliphatic carbocycles. The molecule has 3 N–H and O–H groups in total. The summed E-state index contributed by atoms with van der Waals surface area (Å²) >= 11 is 3.27. The maximum atomic E-state index is 13.6. The van der Waals surface area contributed by atoms with Gasteiger partial charge in [-0.25, -0.2) is 12.8 Å². The van der Waals surface area contributed by atoms with Crippen molar-refractivity contribution in [2.75, 3.05) is 18.4 Å². The Bertz CT molecular complexity index is 1040. The zero-order valence-electron chi connectivity index (χ0n) is 15.3. The van der Waals surface area contributed by atoms with E-state index in [4.69, 9.17) is 5.73 Å². The SMILES string of the molecule is NC(=O)c1cc(NC(=O)C2CCCN(S(=O)(=O)c3ccc(Br)cc3)C2)ccc1F. The highest BCUT2D eigenvalue weighted by Gasteiger charge is 2.33. The van der Waals surface area contributed by atoms with Crippen LogP contribution in [0.3, 0.4) is 0 Å². The van der Waals surface area contributed by atoms with Crippen molar-refractivity contribution in [3.8, 4) is 0 Å². The van der Waals surface area contributed by atoms with Crippen LogP contribution in [0.4, 0.5) is 10.1 Å². The summed E-state index contributed by atoms with van der Waals surface area (Å²) in [6, 6.07) is 9.83. The van der Waals surface area contributed by atoms with E-state index in [9.17, 15) is 22.4 Å². The van der Waals surface area contributed by atoms with Gasteiger partial charge in [-0.15, -0.1) is 0 Å². The number of nitrogens with two attached hydrogens (primary N) is 1. The number of primary amides is 1. The first-order chi connectivity index (χ1) is 13.7. The quantitative estimate of drug-likeness (QED) is 0.680. The molecule has 0 radical (unpaired) electrons. The molecule has 2 amide bonds. The number of halogens is 2. The summed E-state index contributed by atoms with van der Waals surface area (Å²) in [4.78, 5) is 24.1. The summed E-state index contributed by atoms with van der Waals surface area (Å²) in [6.07, 6.45) is 1.05. The predicted octanol–water partition coefficient (Wildman–Crippen LogP) is 2.73. The summed E-state index contributed by atoms with van der Waals surface area (Å²) in [5, 5.41) is 2.61. The largest absolute Gasteiger partial charge is 0.366 e. The van der Waals surface area contributed by atoms with Gasteiger partial charge in [0.15, 0.2) is 0 Å². The molecule has 1 aliphatic heterocycles. The predicted molar refractivity (Wildman–Crippen MR) is 109 cm³/mol. The normalized spacial score (nSPS) is 17.7. The molecule has 0 bridgehead atoms. The van der Waals surface area contributed by atoms with Gasteiger partial charge in [0, 0.05) is 23.2 Å². The van der Waals surface area contributed by atoms with Crippen molar-refractivity contribution in [3.05, 3.63) is 58.3 Å². The maximum absolute atomic E-state index is 13.6. The van der Waals surface area contributed by atoms with E-state index >= 15 is 0 Å². The van der Waals surface area contributed by atoms with Crippen molar-refractivity contribution in [1.82, 2.24) is 4.31 Å². The van der Waals surface area contributed by atoms with Gasteiger partial charge in [-0.3, -0.25) is 9.59 Å². The molecule has 1 saturated heterocycles. The van der Waals surface area contributed by atoms with E-state index in [0.717, 1.165) is 16.6 Å². The van der Waals surface area contributed by atoms with E-state index < -0.39 is 33.6 Å². The third-order valence-corrected chi connectivity index (χ3v) is 7.11. The monoisotopic (exact) mass is 483 g/mol. The Morgan fingerprint density at radius 3 is 2.52 bits per heavy atom. The van der Waals surface area contributed by atoms with Gasteiger partial charge in [-0.05, 0) is 55.3 Å². The third-order valence-electron chi connectivity index (χ3n) is 4.71. The fraction of sp³-hybridized carbons (Fsp3) is 0.263. The number of hydrogen-bond acceptors (Lipinski definition) is 4. The molecule has 1 fully saturated rings. The highest BCUT2D eigenvalue weighted by Crippen LogP contribution is 2.26. The molecule has 0 spiro atoms. The molecular weight excluding hydrogens is 465 g/mol. The molecule has 154 valence electrons. The Labute approximate surface area is 176 Å². The molecule has 1 heterocycles. The number of benzene rings is 2. The lowest BCUT2D eigenvalue weighted by Crippen LogP contribution is -2.43. The number of nitrogens with zero attached hydrogens (tertiary/aromatic N) is 1. The van der Waals surface area contributed by atoms with Crippen LogP contribution < -0.4 is 11.1 Å². The maximum Gasteiger partial charge on any atom is 0.251 e. The van der Waals surface area contributed by atoms with E-state index in [1.165, 1.54) is 22.5 Å². The van der Waals surface area contributed by atoms with Crippen molar-refractivity contribution in [1.29, 1.82) is 0 Å². The molecule has 10 heteroatoms. The lowest BCUT2D eigenvalue weighted by molar-refractivity contribution is -0.120. The molecule has 3 rings (SSSR count). The van der Waals surface area contributed by atoms with Gasteiger partial charge in [0.05, 0.1) is 16.4 Å². The van der Waals surface area contributed by atoms with E-state index in [1.54, 1.807) is 12.1 Å². The summed E-state index contributed by atoms with van der Waals surface area (Å²) < 4.78 is 41.4. The van der Waals surface area contributed by atoms with Crippen LogP contribution in [0.15, 0.2) is 51.8 Å². The summed E-state index contributed by atoms with van der Waals surface area (Å²) in [7, 11) is -3.72. The smallest absolute Gasteiger partial charge is 0.251 e. The minimum absolute atomic E-state index is 0.0358. The number of piperidine rings is 1. The first-order valence-electron chi connectivity index (χ1n) is 8.84. The van der Waals surface area contributed by atoms with Crippen molar-refractivity contribution in [2.45, 2.75) is 17.7 Å². The number of nitrogens with one attached hydrogen (secondary N) is 1. The Morgan fingerprint density at radius 2 is 1.86 bits per heavy atom. The second-order valence-corrected chi connectivity index (χ2v) is 9.56. The lowest BCUT2D eigenvalue weighted by Gasteiger charge is -2.31. The fourth-order valence-electron chi connectivity index (χ4n) is 3.17. The van der Waals surface area contributed by atoms with Crippen LogP contribution in [0.25, 0.3) is 0 Å². The van der Waals surface area contributed by atoms with Gasteiger partial charge < -0.3 is 11.1 Å². The molecule has 2 aromatic rings. The number of sulfonamides is 1. The van der Waals surface area contributed by atoms with Crippen LogP contribution in [0, 0.1) is 11.7 Å². The first-order valence-corrected chi connectivity index (χ1v) is 11.1. The Hall–Kier alpha value is -2.30. The van der Waals surface area contributed by atoms with Crippen molar-refractivity contribution in [2.24, 2.45) is 11.7 Å². The second kappa shape index (κ2) is 8.60. The average molecular weight is 484 g/mol. The topological polar surface area (TPSA) is 110 Å². The average Bonchev–Trinajstić information content (AvgIpc) is 2.69. The van der Waals surface area contributed by atoms with E-state index in [0.29, 0.717) is 19.4 Å². The summed E-state index contributed by atoms with van der Waals surface area (Å²) in [5.74, 6) is -2.69. The van der Waals surface area contributed by atoms with Crippen LogP contribution >= 0.6 is 15.9 Å². The van der Waals surface area contributed by atoms with Crippen LogP contribution in [0.1, 0.15) is 23.2 Å². The highest BCUT2D eigenvalue weighted by atomic mass is 79.9. The molecule has 1 aliphatic rings. The van der Waals surface area contributed by atoms with Gasteiger partial charge >= 0.3 is 0 Å². The van der Waals surface area contributed by atoms with Gasteiger partial charge in [-0.1, -0.05) is 15.9 Å². The number of carbonyl (C=O) groups is 2. The molecular formula is C19H19BrFN3O4S. The van der Waals surface area contributed by atoms with E-state index in [2.05, 4.69) is 21.2 Å². The van der Waals surface area contributed by atoms with Crippen LogP contribution in [0.5, 0.6) is 0 Å². The van der Waals surface area contributed by atoms with Crippen LogP contribution in [0.2, 0.25) is 0 Å². The zero-order valence-corrected chi connectivity index (χ0v) is 17.7. The van der Waals surface area contributed by atoms with Crippen LogP contribution in [-0.2, 0) is 14.8 Å². The highest BCUT2D eigenvalue weighted by molar-refractivity contribution is 9.10. The molecule has 7 nitrogen and oxygen atoms in total. The zero-order chi connectivity index (χ0) is 21.2. The lowest BCUT2D eigenvalue weighted by atomic mass is 9.98. The molecule has 2 aromatic carbocycles. The molecule has 0 aromatic heterocycles. The first kappa shape index (κ1) is 21.4. The Kier molecular flexibility index (Phi) is 6.35. The number of carbonyl (C=O) groups excluding carboxylic acids is 2. The standard InChI is InChI=1S/C19H19BrFN3O4S/c20-13-3-6-15(7-4-13)29(27,28)24-9-1-2-12(11-24)19(26)23-14-5-8-17(21)16(10-14)18(22)25/h3-8,10,12H,1-2,9,11H2,(H2,22,25)(H,23,26). The molecule has 29 heavy (non-hydrogen) atoms. The van der Waals surface area contributed by atoms with Gasteiger partial charge in [0.25, 0.3) is 5.91 Å². The second-order valence-electron chi connectivity index (χ2n) is 6.70. The summed E-state index contributed by atoms with van der Waals surface area (Å²) in [5.41, 5.74) is 5.01. The Balaban J connectivity index is 1.73. The van der Waals surface area contributed by atoms with Crippen molar-refractivity contribution < 1.29 is 22.4 Å². The van der Waals surface area contributed by atoms with Gasteiger partial charge in [0.2, 0.25) is 15.9 Å². The van der Waals surface area contributed by atoms with Gasteiger partial charge in [0.1, 0.15) is 5.82 Å². The minimum Gasteiger partial charge on any atom is -0.366 e. The third kappa shape index (κ3) is 4.82. The molecule has 1 unspecified atom stereocenters. The van der Waals surface area contributed by atoms with E-state index in [1.807, 2.05) is 0 Å². The number of anilines is 1. The van der Waals surface area contributed by atoms with Crippen LogP contribution in [-0.4, -0.2) is 37.6 Å². The van der Waals surface area contributed by atoms with Gasteiger partial charge in [-0.2, -0.15) is 4.31 Å².